The topological polar surface area (TPSA) is 51.6 Å². The predicted molar refractivity (Wildman–Crippen MR) is 50.1 cm³/mol. The number of rotatable bonds is 2. The predicted octanol–water partition coefficient (Wildman–Crippen LogP) is 1.55. The third kappa shape index (κ3) is 3.92. The maximum atomic E-state index is 3.96. The molecule has 0 radical (unpaired) electrons. The number of aryl methyl sites for hydroxylation is 2. The molecule has 0 spiro atoms. The van der Waals surface area contributed by atoms with Crippen molar-refractivity contribution in [3.63, 3.8) is 0 Å². The molecule has 1 aromatic rings. The Bertz CT molecular complexity index is 260. The van der Waals surface area contributed by atoms with Gasteiger partial charge in [0.25, 0.3) is 0 Å². The van der Waals surface area contributed by atoms with E-state index in [-0.39, 0.29) is 0 Å². The number of aromatic nitrogens is 4. The van der Waals surface area contributed by atoms with Gasteiger partial charge in [-0.2, -0.15) is 0 Å². The molecule has 0 aromatic carbocycles. The van der Waals surface area contributed by atoms with E-state index < -0.39 is 0 Å². The summed E-state index contributed by atoms with van der Waals surface area (Å²) in [5.41, 5.74) is 0.314. The van der Waals surface area contributed by atoms with E-state index >= 15 is 0 Å². The number of hydrogen-bond acceptors (Lipinski definition) is 4. The summed E-state index contributed by atoms with van der Waals surface area (Å²) < 4.78 is 0. The van der Waals surface area contributed by atoms with Crippen LogP contribution >= 0.6 is 0 Å². The summed E-state index contributed by atoms with van der Waals surface area (Å²) in [5, 5.41) is 15.6. The zero-order valence-corrected chi connectivity index (χ0v) is 8.70. The summed E-state index contributed by atoms with van der Waals surface area (Å²) in [5.74, 6) is 1.36. The molecule has 0 bridgehead atoms. The van der Waals surface area contributed by atoms with Gasteiger partial charge in [-0.15, -0.1) is 20.4 Å². The standard InChI is InChI=1S/C9H16N4/c1-7-10-12-8(13-11-7)5-6-9(2,3)4/h5-6H2,1-4H3. The Morgan fingerprint density at radius 1 is 1.00 bits per heavy atom. The third-order valence-electron chi connectivity index (χ3n) is 1.72. The molecule has 4 heteroatoms. The van der Waals surface area contributed by atoms with Crippen LogP contribution in [0.5, 0.6) is 0 Å². The molecule has 0 aliphatic carbocycles. The first kappa shape index (κ1) is 10.0. The molecule has 0 N–H and O–H groups in total. The van der Waals surface area contributed by atoms with Crippen LogP contribution < -0.4 is 0 Å². The van der Waals surface area contributed by atoms with Gasteiger partial charge >= 0.3 is 0 Å². The molecule has 1 heterocycles. The van der Waals surface area contributed by atoms with Crippen molar-refractivity contribution in [2.45, 2.75) is 40.5 Å². The zero-order chi connectivity index (χ0) is 9.90. The quantitative estimate of drug-likeness (QED) is 0.693. The average Bonchev–Trinajstić information content (AvgIpc) is 2.02. The van der Waals surface area contributed by atoms with Gasteiger partial charge in [-0.1, -0.05) is 20.8 Å². The van der Waals surface area contributed by atoms with Crippen LogP contribution in [0.1, 0.15) is 38.8 Å². The Kier molecular flexibility index (Phi) is 2.90. The van der Waals surface area contributed by atoms with E-state index in [4.69, 9.17) is 0 Å². The monoisotopic (exact) mass is 180 g/mol. The van der Waals surface area contributed by atoms with Crippen molar-refractivity contribution in [3.8, 4) is 0 Å². The Morgan fingerprint density at radius 2 is 1.54 bits per heavy atom. The summed E-state index contributed by atoms with van der Waals surface area (Å²) in [6, 6.07) is 0. The minimum atomic E-state index is 0.314. The van der Waals surface area contributed by atoms with Crippen molar-refractivity contribution in [1.82, 2.24) is 20.4 Å². The fourth-order valence-corrected chi connectivity index (χ4v) is 0.887. The third-order valence-corrected chi connectivity index (χ3v) is 1.72. The van der Waals surface area contributed by atoms with E-state index in [2.05, 4.69) is 41.2 Å². The van der Waals surface area contributed by atoms with Gasteiger partial charge in [-0.3, -0.25) is 0 Å². The molecule has 0 saturated heterocycles. The van der Waals surface area contributed by atoms with Crippen molar-refractivity contribution in [2.24, 2.45) is 5.41 Å². The fourth-order valence-electron chi connectivity index (χ4n) is 0.887. The summed E-state index contributed by atoms with van der Waals surface area (Å²) in [7, 11) is 0. The summed E-state index contributed by atoms with van der Waals surface area (Å²) >= 11 is 0. The van der Waals surface area contributed by atoms with Gasteiger partial charge in [0, 0.05) is 6.42 Å². The van der Waals surface area contributed by atoms with Crippen LogP contribution in [-0.2, 0) is 6.42 Å². The maximum absolute atomic E-state index is 3.96. The molecular weight excluding hydrogens is 164 g/mol. The molecule has 0 aliphatic heterocycles. The molecule has 0 atom stereocenters. The molecule has 0 unspecified atom stereocenters. The maximum Gasteiger partial charge on any atom is 0.173 e. The van der Waals surface area contributed by atoms with Gasteiger partial charge in [0.05, 0.1) is 0 Å². The van der Waals surface area contributed by atoms with Crippen LogP contribution in [-0.4, -0.2) is 20.4 Å². The van der Waals surface area contributed by atoms with Gasteiger partial charge in [-0.05, 0) is 18.8 Å². The van der Waals surface area contributed by atoms with Crippen LogP contribution in [0.2, 0.25) is 0 Å². The zero-order valence-electron chi connectivity index (χ0n) is 8.70. The minimum Gasteiger partial charge on any atom is -0.132 e. The first-order valence-corrected chi connectivity index (χ1v) is 4.50. The molecule has 4 nitrogen and oxygen atoms in total. The first-order chi connectivity index (χ1) is 5.97. The lowest BCUT2D eigenvalue weighted by Gasteiger charge is -2.16. The second kappa shape index (κ2) is 3.77. The number of hydrogen-bond donors (Lipinski definition) is 0. The van der Waals surface area contributed by atoms with Crippen LogP contribution in [0.15, 0.2) is 0 Å². The normalized spacial score (nSPS) is 11.7. The molecule has 0 aliphatic rings. The lowest BCUT2D eigenvalue weighted by molar-refractivity contribution is 0.372. The Hall–Kier alpha value is -1.06. The Labute approximate surface area is 78.8 Å². The molecule has 1 rings (SSSR count). The van der Waals surface area contributed by atoms with Gasteiger partial charge in [-0.25, -0.2) is 0 Å². The molecular formula is C9H16N4. The summed E-state index contributed by atoms with van der Waals surface area (Å²) in [4.78, 5) is 0. The van der Waals surface area contributed by atoms with Crippen molar-refractivity contribution >= 4 is 0 Å². The van der Waals surface area contributed by atoms with E-state index in [1.165, 1.54) is 0 Å². The highest BCUT2D eigenvalue weighted by Crippen LogP contribution is 2.19. The van der Waals surface area contributed by atoms with E-state index in [1.54, 1.807) is 6.92 Å². The summed E-state index contributed by atoms with van der Waals surface area (Å²) in [6.45, 7) is 8.37. The van der Waals surface area contributed by atoms with Crippen LogP contribution in [0.3, 0.4) is 0 Å². The first-order valence-electron chi connectivity index (χ1n) is 4.50. The van der Waals surface area contributed by atoms with Crippen LogP contribution in [0.4, 0.5) is 0 Å². The minimum absolute atomic E-state index is 0.314. The number of nitrogens with zero attached hydrogens (tertiary/aromatic N) is 4. The average molecular weight is 180 g/mol. The van der Waals surface area contributed by atoms with Gasteiger partial charge in [0.15, 0.2) is 11.6 Å². The van der Waals surface area contributed by atoms with Crippen molar-refractivity contribution in [3.05, 3.63) is 11.6 Å². The van der Waals surface area contributed by atoms with Crippen LogP contribution in [0.25, 0.3) is 0 Å². The highest BCUT2D eigenvalue weighted by Gasteiger charge is 2.11. The Balaban J connectivity index is 2.51. The molecule has 72 valence electrons. The smallest absolute Gasteiger partial charge is 0.132 e. The summed E-state index contributed by atoms with van der Waals surface area (Å²) in [6.07, 6.45) is 1.91. The second-order valence-corrected chi connectivity index (χ2v) is 4.42. The highest BCUT2D eigenvalue weighted by atomic mass is 15.3. The molecule has 0 saturated carbocycles. The van der Waals surface area contributed by atoms with E-state index in [0.29, 0.717) is 11.2 Å². The molecule has 0 amide bonds. The molecule has 13 heavy (non-hydrogen) atoms. The molecule has 1 aromatic heterocycles. The SMILES string of the molecule is Cc1nnc(CCC(C)(C)C)nn1. The van der Waals surface area contributed by atoms with Crippen molar-refractivity contribution in [1.29, 1.82) is 0 Å². The Morgan fingerprint density at radius 3 is 2.00 bits per heavy atom. The molecule has 0 fully saturated rings. The van der Waals surface area contributed by atoms with E-state index in [9.17, 15) is 0 Å². The van der Waals surface area contributed by atoms with E-state index in [1.807, 2.05) is 0 Å². The van der Waals surface area contributed by atoms with E-state index in [0.717, 1.165) is 18.7 Å². The van der Waals surface area contributed by atoms with Crippen molar-refractivity contribution in [2.75, 3.05) is 0 Å². The van der Waals surface area contributed by atoms with Gasteiger partial charge < -0.3 is 0 Å². The van der Waals surface area contributed by atoms with Gasteiger partial charge in [0.2, 0.25) is 0 Å². The van der Waals surface area contributed by atoms with Crippen molar-refractivity contribution < 1.29 is 0 Å². The highest BCUT2D eigenvalue weighted by molar-refractivity contribution is 4.82. The second-order valence-electron chi connectivity index (χ2n) is 4.42. The van der Waals surface area contributed by atoms with Gasteiger partial charge in [0.1, 0.15) is 0 Å². The largest absolute Gasteiger partial charge is 0.173 e. The fraction of sp³-hybridized carbons (Fsp3) is 0.778. The lowest BCUT2D eigenvalue weighted by atomic mass is 9.90. The lowest BCUT2D eigenvalue weighted by Crippen LogP contribution is -2.10. The van der Waals surface area contributed by atoms with Crippen LogP contribution in [0, 0.1) is 12.3 Å².